The number of aromatic nitrogens is 1. The van der Waals surface area contributed by atoms with Crippen molar-refractivity contribution < 1.29 is 13.0 Å². The number of aryl methyl sites for hydroxylation is 2. The van der Waals surface area contributed by atoms with Gasteiger partial charge in [-0.3, -0.25) is 9.54 Å². The highest BCUT2D eigenvalue weighted by molar-refractivity contribution is 7.86. The standard InChI is InChI=1S/C17H21NO3S/c1-2-16(22(19,20)21)17-15(12-7-13-18-17)11-6-10-14-8-4-3-5-9-14/h3-5,7-9,12-13,16H,2,6,10-11H2,1H3,(H,19,20,21). The van der Waals surface area contributed by atoms with E-state index in [0.717, 1.165) is 24.8 Å². The lowest BCUT2D eigenvalue weighted by Gasteiger charge is -2.15. The van der Waals surface area contributed by atoms with Crippen molar-refractivity contribution in [1.82, 2.24) is 4.98 Å². The molecule has 2 aromatic rings. The lowest BCUT2D eigenvalue weighted by atomic mass is 10.0. The van der Waals surface area contributed by atoms with Crippen LogP contribution in [0, 0.1) is 0 Å². The maximum absolute atomic E-state index is 11.5. The molecule has 1 unspecified atom stereocenters. The number of rotatable bonds is 7. The average Bonchev–Trinajstić information content (AvgIpc) is 2.49. The van der Waals surface area contributed by atoms with Gasteiger partial charge in [0, 0.05) is 6.20 Å². The minimum absolute atomic E-state index is 0.307. The molecule has 2 rings (SSSR count). The van der Waals surface area contributed by atoms with Gasteiger partial charge in [-0.1, -0.05) is 43.3 Å². The summed E-state index contributed by atoms with van der Waals surface area (Å²) in [6.45, 7) is 1.74. The van der Waals surface area contributed by atoms with Crippen molar-refractivity contribution in [3.05, 3.63) is 65.5 Å². The SMILES string of the molecule is CCC(c1ncccc1CCCc1ccccc1)S(=O)(=O)O. The molecule has 0 radical (unpaired) electrons. The summed E-state index contributed by atoms with van der Waals surface area (Å²) in [7, 11) is -4.13. The highest BCUT2D eigenvalue weighted by atomic mass is 32.2. The molecule has 1 aromatic carbocycles. The van der Waals surface area contributed by atoms with E-state index < -0.39 is 15.4 Å². The van der Waals surface area contributed by atoms with Crippen LogP contribution in [0.4, 0.5) is 0 Å². The van der Waals surface area contributed by atoms with Gasteiger partial charge in [0.25, 0.3) is 10.1 Å². The Bertz CT molecular complexity index is 699. The second kappa shape index (κ2) is 7.51. The van der Waals surface area contributed by atoms with Gasteiger partial charge in [0.1, 0.15) is 5.25 Å². The van der Waals surface area contributed by atoms with Gasteiger partial charge in [0.2, 0.25) is 0 Å². The van der Waals surface area contributed by atoms with Gasteiger partial charge in [-0.2, -0.15) is 8.42 Å². The molecule has 0 aliphatic rings. The summed E-state index contributed by atoms with van der Waals surface area (Å²) in [5.74, 6) is 0. The summed E-state index contributed by atoms with van der Waals surface area (Å²) < 4.78 is 32.4. The highest BCUT2D eigenvalue weighted by Crippen LogP contribution is 2.27. The topological polar surface area (TPSA) is 67.3 Å². The van der Waals surface area contributed by atoms with Crippen LogP contribution in [0.2, 0.25) is 0 Å². The van der Waals surface area contributed by atoms with Gasteiger partial charge in [-0.25, -0.2) is 0 Å². The Hall–Kier alpha value is -1.72. The molecule has 5 heteroatoms. The van der Waals surface area contributed by atoms with Crippen molar-refractivity contribution in [2.24, 2.45) is 0 Å². The van der Waals surface area contributed by atoms with E-state index in [-0.39, 0.29) is 0 Å². The third-order valence-electron chi connectivity index (χ3n) is 3.72. The molecule has 1 heterocycles. The molecule has 118 valence electrons. The number of hydrogen-bond donors (Lipinski definition) is 1. The van der Waals surface area contributed by atoms with Gasteiger partial charge in [0.05, 0.1) is 5.69 Å². The fourth-order valence-electron chi connectivity index (χ4n) is 2.62. The van der Waals surface area contributed by atoms with Crippen LogP contribution in [0.3, 0.4) is 0 Å². The zero-order valence-electron chi connectivity index (χ0n) is 12.6. The molecule has 0 fully saturated rings. The van der Waals surface area contributed by atoms with E-state index in [1.54, 1.807) is 19.2 Å². The maximum Gasteiger partial charge on any atom is 0.273 e. The summed E-state index contributed by atoms with van der Waals surface area (Å²) >= 11 is 0. The Morgan fingerprint density at radius 2 is 1.82 bits per heavy atom. The zero-order chi connectivity index (χ0) is 16.0. The molecule has 1 aromatic heterocycles. The average molecular weight is 319 g/mol. The van der Waals surface area contributed by atoms with Gasteiger partial charge < -0.3 is 0 Å². The van der Waals surface area contributed by atoms with Crippen molar-refractivity contribution in [2.45, 2.75) is 37.9 Å². The largest absolute Gasteiger partial charge is 0.285 e. The molecule has 0 aliphatic carbocycles. The molecule has 0 spiro atoms. The third kappa shape index (κ3) is 4.39. The molecule has 4 nitrogen and oxygen atoms in total. The smallest absolute Gasteiger partial charge is 0.273 e. The second-order valence-electron chi connectivity index (χ2n) is 5.30. The van der Waals surface area contributed by atoms with Gasteiger partial charge in [-0.05, 0) is 42.9 Å². The van der Waals surface area contributed by atoms with Gasteiger partial charge >= 0.3 is 0 Å². The fraction of sp³-hybridized carbons (Fsp3) is 0.353. The fourth-order valence-corrected chi connectivity index (χ4v) is 3.54. The van der Waals surface area contributed by atoms with Crippen molar-refractivity contribution in [1.29, 1.82) is 0 Å². The molecule has 0 aliphatic heterocycles. The summed E-state index contributed by atoms with van der Waals surface area (Å²) in [6.07, 6.45) is 4.46. The third-order valence-corrected chi connectivity index (χ3v) is 4.99. The normalized spacial score (nSPS) is 13.0. The summed E-state index contributed by atoms with van der Waals surface area (Å²) in [5, 5.41) is -0.944. The summed E-state index contributed by atoms with van der Waals surface area (Å²) in [4.78, 5) is 4.20. The molecule has 0 amide bonds. The van der Waals surface area contributed by atoms with Crippen LogP contribution in [0.25, 0.3) is 0 Å². The number of pyridine rings is 1. The van der Waals surface area contributed by atoms with Crippen LogP contribution >= 0.6 is 0 Å². The van der Waals surface area contributed by atoms with Crippen LogP contribution < -0.4 is 0 Å². The summed E-state index contributed by atoms with van der Waals surface area (Å²) in [6, 6.07) is 13.9. The van der Waals surface area contributed by atoms with E-state index in [4.69, 9.17) is 0 Å². The predicted octanol–water partition coefficient (Wildman–Crippen LogP) is 3.60. The van der Waals surface area contributed by atoms with Gasteiger partial charge in [0.15, 0.2) is 0 Å². The minimum Gasteiger partial charge on any atom is -0.285 e. The first kappa shape index (κ1) is 16.6. The summed E-state index contributed by atoms with van der Waals surface area (Å²) in [5.41, 5.74) is 2.62. The van der Waals surface area contributed by atoms with Crippen LogP contribution in [-0.4, -0.2) is 18.0 Å². The molecule has 1 atom stereocenters. The highest BCUT2D eigenvalue weighted by Gasteiger charge is 2.26. The van der Waals surface area contributed by atoms with E-state index in [1.165, 1.54) is 5.56 Å². The number of benzene rings is 1. The molecule has 22 heavy (non-hydrogen) atoms. The first-order chi connectivity index (χ1) is 10.5. The maximum atomic E-state index is 11.5. The Balaban J connectivity index is 2.11. The molecular formula is C17H21NO3S. The van der Waals surface area contributed by atoms with Crippen LogP contribution in [0.1, 0.15) is 41.8 Å². The Morgan fingerprint density at radius 1 is 1.09 bits per heavy atom. The van der Waals surface area contributed by atoms with E-state index in [9.17, 15) is 13.0 Å². The predicted molar refractivity (Wildman–Crippen MR) is 87.3 cm³/mol. The van der Waals surface area contributed by atoms with E-state index in [1.807, 2.05) is 24.3 Å². The second-order valence-corrected chi connectivity index (χ2v) is 6.90. The van der Waals surface area contributed by atoms with Crippen LogP contribution in [0.15, 0.2) is 48.7 Å². The van der Waals surface area contributed by atoms with Crippen molar-refractivity contribution >= 4 is 10.1 Å². The Labute approximate surface area is 132 Å². The molecule has 1 N–H and O–H groups in total. The molecular weight excluding hydrogens is 298 g/mol. The Kier molecular flexibility index (Phi) is 5.69. The minimum atomic E-state index is -4.13. The lowest BCUT2D eigenvalue weighted by molar-refractivity contribution is 0.464. The van der Waals surface area contributed by atoms with E-state index in [0.29, 0.717) is 12.1 Å². The first-order valence-electron chi connectivity index (χ1n) is 7.46. The zero-order valence-corrected chi connectivity index (χ0v) is 13.5. The monoisotopic (exact) mass is 319 g/mol. The van der Waals surface area contributed by atoms with Crippen LogP contribution in [0.5, 0.6) is 0 Å². The van der Waals surface area contributed by atoms with E-state index in [2.05, 4.69) is 17.1 Å². The molecule has 0 bridgehead atoms. The van der Waals surface area contributed by atoms with Crippen molar-refractivity contribution in [2.75, 3.05) is 0 Å². The van der Waals surface area contributed by atoms with E-state index >= 15 is 0 Å². The van der Waals surface area contributed by atoms with Crippen molar-refractivity contribution in [3.8, 4) is 0 Å². The molecule has 0 saturated carbocycles. The van der Waals surface area contributed by atoms with Crippen molar-refractivity contribution in [3.63, 3.8) is 0 Å². The molecule has 0 saturated heterocycles. The first-order valence-corrected chi connectivity index (χ1v) is 8.96. The van der Waals surface area contributed by atoms with Gasteiger partial charge in [-0.15, -0.1) is 0 Å². The quantitative estimate of drug-likeness (QED) is 0.792. The lowest BCUT2D eigenvalue weighted by Crippen LogP contribution is -2.15. The Morgan fingerprint density at radius 3 is 2.45 bits per heavy atom. The van der Waals surface area contributed by atoms with Crippen LogP contribution in [-0.2, 0) is 23.0 Å². The number of hydrogen-bond acceptors (Lipinski definition) is 3. The number of nitrogens with zero attached hydrogens (tertiary/aromatic N) is 1.